The van der Waals surface area contributed by atoms with Crippen LogP contribution in [-0.2, 0) is 4.74 Å². The van der Waals surface area contributed by atoms with Crippen molar-refractivity contribution in [3.8, 4) is 17.3 Å². The van der Waals surface area contributed by atoms with Crippen LogP contribution >= 0.6 is 11.6 Å². The van der Waals surface area contributed by atoms with Crippen molar-refractivity contribution in [2.75, 3.05) is 31.1 Å². The Kier molecular flexibility index (Phi) is 6.43. The van der Waals surface area contributed by atoms with E-state index in [4.69, 9.17) is 21.6 Å². The maximum absolute atomic E-state index is 15.5. The number of carbonyl (C=O) groups is 1. The summed E-state index contributed by atoms with van der Waals surface area (Å²) in [6, 6.07) is 8.77. The molecule has 1 aliphatic heterocycles. The van der Waals surface area contributed by atoms with Crippen molar-refractivity contribution in [2.45, 2.75) is 26.4 Å². The van der Waals surface area contributed by atoms with Gasteiger partial charge in [0, 0.05) is 48.9 Å². The van der Waals surface area contributed by atoms with Crippen molar-refractivity contribution in [3.63, 3.8) is 0 Å². The summed E-state index contributed by atoms with van der Waals surface area (Å²) in [5.41, 5.74) is -0.719. The third-order valence-corrected chi connectivity index (χ3v) is 5.95. The summed E-state index contributed by atoms with van der Waals surface area (Å²) in [5, 5.41) is 9.14. The van der Waals surface area contributed by atoms with Gasteiger partial charge < -0.3 is 19.5 Å². The number of aromatic nitrogens is 1. The summed E-state index contributed by atoms with van der Waals surface area (Å²) in [7, 11) is 0. The smallest absolute Gasteiger partial charge is 0.410 e. The quantitative estimate of drug-likeness (QED) is 0.531. The minimum absolute atomic E-state index is 0.0305. The Balaban J connectivity index is 1.67. The molecule has 1 saturated heterocycles. The lowest BCUT2D eigenvalue weighted by Gasteiger charge is -2.37. The molecule has 0 aliphatic carbocycles. The summed E-state index contributed by atoms with van der Waals surface area (Å²) in [6.07, 6.45) is -0.486. The van der Waals surface area contributed by atoms with E-state index in [1.807, 2.05) is 6.07 Å². The van der Waals surface area contributed by atoms with Crippen LogP contribution in [0, 0.1) is 23.0 Å². The number of aromatic amines is 1. The van der Waals surface area contributed by atoms with E-state index in [1.54, 1.807) is 20.8 Å². The molecule has 1 fully saturated rings. The number of rotatable bonds is 2. The second-order valence-electron chi connectivity index (χ2n) is 9.25. The predicted octanol–water partition coefficient (Wildman–Crippen LogP) is 5.06. The molecule has 0 spiro atoms. The molecule has 0 bridgehead atoms. The van der Waals surface area contributed by atoms with Gasteiger partial charge in [-0.05, 0) is 39.0 Å². The molecule has 1 N–H and O–H groups in total. The Morgan fingerprint density at radius 1 is 1.14 bits per heavy atom. The molecule has 1 aromatic heterocycles. The van der Waals surface area contributed by atoms with Gasteiger partial charge in [-0.1, -0.05) is 11.6 Å². The number of hydrogen-bond donors (Lipinski definition) is 1. The molecule has 2 aromatic carbocycles. The Labute approximate surface area is 205 Å². The van der Waals surface area contributed by atoms with Gasteiger partial charge in [-0.25, -0.2) is 13.6 Å². The fourth-order valence-electron chi connectivity index (χ4n) is 4.01. The Morgan fingerprint density at radius 3 is 2.46 bits per heavy atom. The first-order valence-electron chi connectivity index (χ1n) is 11.0. The molecule has 0 atom stereocenters. The first-order chi connectivity index (χ1) is 16.5. The van der Waals surface area contributed by atoms with Gasteiger partial charge in [0.2, 0.25) is 0 Å². The van der Waals surface area contributed by atoms with E-state index in [0.717, 1.165) is 6.07 Å². The minimum Gasteiger partial charge on any atom is -0.444 e. The van der Waals surface area contributed by atoms with Gasteiger partial charge in [0.25, 0.3) is 0 Å². The maximum Gasteiger partial charge on any atom is 0.410 e. The number of hydrogen-bond acceptors (Lipinski definition) is 5. The fraction of sp³-hybridized carbons (Fsp3) is 0.320. The zero-order valence-electron chi connectivity index (χ0n) is 19.4. The van der Waals surface area contributed by atoms with Gasteiger partial charge in [-0.2, -0.15) is 5.26 Å². The monoisotopic (exact) mass is 500 g/mol. The number of anilines is 1. The summed E-state index contributed by atoms with van der Waals surface area (Å²) in [4.78, 5) is 31.0. The number of ether oxygens (including phenoxy) is 1. The van der Waals surface area contributed by atoms with Gasteiger partial charge in [-0.3, -0.25) is 4.79 Å². The molecule has 1 amide bonds. The number of nitriles is 1. The number of amides is 1. The van der Waals surface area contributed by atoms with Crippen LogP contribution in [0.4, 0.5) is 19.3 Å². The molecular weight excluding hydrogens is 478 g/mol. The molecule has 4 rings (SSSR count). The molecule has 7 nitrogen and oxygen atoms in total. The number of H-pyrrole nitrogens is 1. The largest absolute Gasteiger partial charge is 0.444 e. The molecule has 1 aliphatic rings. The van der Waals surface area contributed by atoms with Crippen LogP contribution in [0.2, 0.25) is 5.02 Å². The predicted molar refractivity (Wildman–Crippen MR) is 130 cm³/mol. The lowest BCUT2D eigenvalue weighted by atomic mass is 10.1. The first kappa shape index (κ1) is 24.5. The number of halogens is 3. The molecule has 2 heterocycles. The van der Waals surface area contributed by atoms with Crippen molar-refractivity contribution in [2.24, 2.45) is 0 Å². The lowest BCUT2D eigenvalue weighted by Crippen LogP contribution is -2.50. The normalized spacial score (nSPS) is 14.2. The highest BCUT2D eigenvalue weighted by molar-refractivity contribution is 6.33. The summed E-state index contributed by atoms with van der Waals surface area (Å²) in [6.45, 7) is 6.06. The van der Waals surface area contributed by atoms with Gasteiger partial charge >= 0.3 is 6.09 Å². The first-order valence-corrected chi connectivity index (χ1v) is 11.3. The van der Waals surface area contributed by atoms with Crippen LogP contribution in [0.1, 0.15) is 26.3 Å². The Hall–Kier alpha value is -3.64. The molecule has 182 valence electrons. The zero-order chi connectivity index (χ0) is 25.5. The van der Waals surface area contributed by atoms with Crippen molar-refractivity contribution in [1.82, 2.24) is 9.88 Å². The lowest BCUT2D eigenvalue weighted by molar-refractivity contribution is 0.0240. The number of carbonyl (C=O) groups excluding carboxylic acids is 1. The van der Waals surface area contributed by atoms with Crippen molar-refractivity contribution < 1.29 is 18.3 Å². The highest BCUT2D eigenvalue weighted by Crippen LogP contribution is 2.32. The van der Waals surface area contributed by atoms with E-state index in [0.29, 0.717) is 11.1 Å². The standard InChI is InChI=1S/C25H23ClF2N4O3/c1-25(2,3)35-24(34)32-8-6-31(7-9-32)23-17(27)11-19-21(22(23)28)20(33)12-18(30-19)15-10-14(13-29)4-5-16(15)26/h4-5,10-12H,6-9H2,1-3H3,(H,30,33). The van der Waals surface area contributed by atoms with E-state index in [9.17, 15) is 9.59 Å². The highest BCUT2D eigenvalue weighted by atomic mass is 35.5. The topological polar surface area (TPSA) is 89.4 Å². The summed E-state index contributed by atoms with van der Waals surface area (Å²) < 4.78 is 36.0. The van der Waals surface area contributed by atoms with Crippen molar-refractivity contribution >= 4 is 34.3 Å². The fourth-order valence-corrected chi connectivity index (χ4v) is 4.23. The maximum atomic E-state index is 15.5. The highest BCUT2D eigenvalue weighted by Gasteiger charge is 2.29. The van der Waals surface area contributed by atoms with Crippen LogP contribution in [0.3, 0.4) is 0 Å². The molecular formula is C25H23ClF2N4O3. The van der Waals surface area contributed by atoms with E-state index in [-0.39, 0.29) is 53.5 Å². The Morgan fingerprint density at radius 2 is 1.83 bits per heavy atom. The summed E-state index contributed by atoms with van der Waals surface area (Å²) >= 11 is 6.23. The third kappa shape index (κ3) is 4.93. The van der Waals surface area contributed by atoms with Crippen LogP contribution < -0.4 is 10.3 Å². The van der Waals surface area contributed by atoms with Crippen LogP contribution in [-0.4, -0.2) is 47.8 Å². The van der Waals surface area contributed by atoms with Crippen LogP contribution in [0.25, 0.3) is 22.2 Å². The van der Waals surface area contributed by atoms with E-state index in [1.165, 1.54) is 34.1 Å². The van der Waals surface area contributed by atoms with Crippen molar-refractivity contribution in [1.29, 1.82) is 5.26 Å². The van der Waals surface area contributed by atoms with E-state index >= 15 is 8.78 Å². The Bertz CT molecular complexity index is 1420. The van der Waals surface area contributed by atoms with Crippen molar-refractivity contribution in [3.05, 3.63) is 62.8 Å². The third-order valence-electron chi connectivity index (χ3n) is 5.62. The number of fused-ring (bicyclic) bond motifs is 1. The molecule has 0 radical (unpaired) electrons. The summed E-state index contributed by atoms with van der Waals surface area (Å²) in [5.74, 6) is -1.82. The van der Waals surface area contributed by atoms with Crippen LogP contribution in [0.15, 0.2) is 35.1 Å². The minimum atomic E-state index is -0.976. The molecule has 35 heavy (non-hydrogen) atoms. The van der Waals surface area contributed by atoms with Gasteiger partial charge in [-0.15, -0.1) is 0 Å². The number of benzene rings is 2. The van der Waals surface area contributed by atoms with E-state index < -0.39 is 28.8 Å². The van der Waals surface area contributed by atoms with Gasteiger partial charge in [0.15, 0.2) is 17.1 Å². The zero-order valence-corrected chi connectivity index (χ0v) is 20.2. The average molecular weight is 501 g/mol. The second kappa shape index (κ2) is 9.19. The van der Waals surface area contributed by atoms with Gasteiger partial charge in [0.1, 0.15) is 11.3 Å². The number of pyridine rings is 1. The van der Waals surface area contributed by atoms with E-state index in [2.05, 4.69) is 4.98 Å². The molecule has 10 heteroatoms. The SMILES string of the molecule is CC(C)(C)OC(=O)N1CCN(c2c(F)cc3[nH]c(-c4cc(C#N)ccc4Cl)cc(=O)c3c2F)CC1. The molecule has 0 saturated carbocycles. The molecule has 3 aromatic rings. The second-order valence-corrected chi connectivity index (χ2v) is 9.66. The number of piperazine rings is 1. The van der Waals surface area contributed by atoms with Gasteiger partial charge in [0.05, 0.1) is 28.2 Å². The average Bonchev–Trinajstić information content (AvgIpc) is 2.78. The molecule has 0 unspecified atom stereocenters. The number of nitrogens with one attached hydrogen (secondary N) is 1. The number of nitrogens with zero attached hydrogens (tertiary/aromatic N) is 3. The van der Waals surface area contributed by atoms with Crippen LogP contribution in [0.5, 0.6) is 0 Å².